The molecule has 2 unspecified atom stereocenters. The normalized spacial score (nSPS) is 17.6. The summed E-state index contributed by atoms with van der Waals surface area (Å²) in [4.78, 5) is 6.57. The average Bonchev–Trinajstić information content (AvgIpc) is 3.44. The van der Waals surface area contributed by atoms with Crippen LogP contribution >= 0.6 is 28.1 Å². The van der Waals surface area contributed by atoms with Gasteiger partial charge in [0, 0.05) is 16.4 Å². The van der Waals surface area contributed by atoms with Crippen molar-refractivity contribution in [2.24, 2.45) is 0 Å². The van der Waals surface area contributed by atoms with Crippen LogP contribution in [0.1, 0.15) is 37.4 Å². The molecule has 1 fully saturated rings. The van der Waals surface area contributed by atoms with Gasteiger partial charge >= 0.3 is 0 Å². The van der Waals surface area contributed by atoms with E-state index in [9.17, 15) is 4.39 Å². The van der Waals surface area contributed by atoms with Crippen molar-refractivity contribution in [3.05, 3.63) is 101 Å². The van der Waals surface area contributed by atoms with Gasteiger partial charge in [0.15, 0.2) is 5.11 Å². The van der Waals surface area contributed by atoms with Crippen molar-refractivity contribution in [2.45, 2.75) is 32.0 Å². The smallest absolute Gasteiger partial charge is 0.174 e. The van der Waals surface area contributed by atoms with Gasteiger partial charge in [0.2, 0.25) is 0 Å². The molecule has 1 N–H and O–H groups in total. The third-order valence-electron chi connectivity index (χ3n) is 5.70. The molecule has 2 aromatic heterocycles. The first kappa shape index (κ1) is 23.5. The minimum absolute atomic E-state index is 0.0807. The molecule has 5 nitrogen and oxygen atoms in total. The van der Waals surface area contributed by atoms with Crippen LogP contribution in [0, 0.1) is 5.82 Å². The van der Waals surface area contributed by atoms with Gasteiger partial charge in [0.1, 0.15) is 29.1 Å². The van der Waals surface area contributed by atoms with Gasteiger partial charge in [-0.05, 0) is 92.8 Å². The molecule has 3 heterocycles. The van der Waals surface area contributed by atoms with Crippen LogP contribution in [0.4, 0.5) is 10.1 Å². The molecule has 35 heavy (non-hydrogen) atoms. The van der Waals surface area contributed by atoms with Crippen molar-refractivity contribution < 1.29 is 13.5 Å². The number of furan rings is 1. The minimum Gasteiger partial charge on any atom is -0.491 e. The fourth-order valence-electron chi connectivity index (χ4n) is 4.23. The fourth-order valence-corrected chi connectivity index (χ4v) is 4.90. The number of hydrogen-bond donors (Lipinski definition) is 1. The van der Waals surface area contributed by atoms with E-state index in [2.05, 4.69) is 26.2 Å². The van der Waals surface area contributed by atoms with Crippen LogP contribution in [0.25, 0.3) is 11.3 Å². The lowest BCUT2D eigenvalue weighted by molar-refractivity contribution is 0.242. The summed E-state index contributed by atoms with van der Waals surface area (Å²) < 4.78 is 27.4. The van der Waals surface area contributed by atoms with E-state index in [4.69, 9.17) is 21.4 Å². The Morgan fingerprint density at radius 3 is 2.57 bits per heavy atom. The third-order valence-corrected chi connectivity index (χ3v) is 6.51. The highest BCUT2D eigenvalue weighted by molar-refractivity contribution is 9.10. The van der Waals surface area contributed by atoms with E-state index in [0.717, 1.165) is 17.1 Å². The Morgan fingerprint density at radius 2 is 1.89 bits per heavy atom. The summed E-state index contributed by atoms with van der Waals surface area (Å²) in [6.45, 7) is 3.98. The van der Waals surface area contributed by atoms with Gasteiger partial charge in [0.25, 0.3) is 0 Å². The number of thiocarbonyl (C=S) groups is 1. The SMILES string of the molecule is CC(C)Oc1ccc(N2C(=S)NC(c3ccccn3)C2c2ccc(-c3ccc(Br)cc3F)o2)cc1. The van der Waals surface area contributed by atoms with Crippen molar-refractivity contribution in [3.8, 4) is 17.1 Å². The van der Waals surface area contributed by atoms with E-state index in [1.165, 1.54) is 6.07 Å². The molecule has 8 heteroatoms. The summed E-state index contributed by atoms with van der Waals surface area (Å²) in [5.41, 5.74) is 2.11. The second-order valence-corrected chi connectivity index (χ2v) is 9.79. The van der Waals surface area contributed by atoms with Crippen molar-refractivity contribution in [1.29, 1.82) is 0 Å². The summed E-state index contributed by atoms with van der Waals surface area (Å²) >= 11 is 9.07. The molecule has 0 aliphatic carbocycles. The molecule has 2 atom stereocenters. The molecule has 0 saturated carbocycles. The third kappa shape index (κ3) is 4.81. The molecule has 1 saturated heterocycles. The van der Waals surface area contributed by atoms with E-state index in [0.29, 0.717) is 26.7 Å². The predicted molar refractivity (Wildman–Crippen MR) is 142 cm³/mol. The summed E-state index contributed by atoms with van der Waals surface area (Å²) in [5.74, 6) is 1.51. The molecule has 0 radical (unpaired) electrons. The van der Waals surface area contributed by atoms with Gasteiger partial charge in [0.05, 0.1) is 23.4 Å². The number of benzene rings is 2. The quantitative estimate of drug-likeness (QED) is 0.255. The van der Waals surface area contributed by atoms with E-state index in [-0.39, 0.29) is 24.0 Å². The van der Waals surface area contributed by atoms with Crippen molar-refractivity contribution in [1.82, 2.24) is 10.3 Å². The molecule has 178 valence electrons. The summed E-state index contributed by atoms with van der Waals surface area (Å²) in [6.07, 6.45) is 1.83. The Morgan fingerprint density at radius 1 is 1.09 bits per heavy atom. The van der Waals surface area contributed by atoms with E-state index >= 15 is 0 Å². The molecular weight excluding hydrogens is 529 g/mol. The molecule has 2 aromatic carbocycles. The van der Waals surface area contributed by atoms with Crippen LogP contribution < -0.4 is 15.0 Å². The number of aromatic nitrogens is 1. The van der Waals surface area contributed by atoms with Crippen molar-refractivity contribution >= 4 is 38.9 Å². The fraction of sp³-hybridized carbons (Fsp3) is 0.185. The Kier molecular flexibility index (Phi) is 6.58. The van der Waals surface area contributed by atoms with Crippen LogP contribution in [0.15, 0.2) is 87.9 Å². The molecule has 1 aliphatic rings. The standard InChI is InChI=1S/C27H23BrFN3O2S/c1-16(2)33-19-9-7-18(8-10-19)32-26(25(31-27(32)35)22-5-3-4-14-30-22)24-13-12-23(34-24)20-11-6-17(28)15-21(20)29/h3-16,25-26H,1-2H3,(H,31,35). The molecule has 5 rings (SSSR count). The van der Waals surface area contributed by atoms with E-state index in [1.807, 2.05) is 67.3 Å². The van der Waals surface area contributed by atoms with Crippen LogP contribution in [0.2, 0.25) is 0 Å². The van der Waals surface area contributed by atoms with Gasteiger partial charge in [-0.15, -0.1) is 0 Å². The predicted octanol–water partition coefficient (Wildman–Crippen LogP) is 7.21. The second-order valence-electron chi connectivity index (χ2n) is 8.48. The highest BCUT2D eigenvalue weighted by Gasteiger charge is 2.42. The summed E-state index contributed by atoms with van der Waals surface area (Å²) in [7, 11) is 0. The lowest BCUT2D eigenvalue weighted by Gasteiger charge is -2.26. The number of rotatable bonds is 6. The second kappa shape index (κ2) is 9.79. The summed E-state index contributed by atoms with van der Waals surface area (Å²) in [6, 6.07) is 21.5. The Balaban J connectivity index is 1.56. The Hall–Kier alpha value is -3.23. The maximum Gasteiger partial charge on any atom is 0.174 e. The highest BCUT2D eigenvalue weighted by Crippen LogP contribution is 2.43. The van der Waals surface area contributed by atoms with Gasteiger partial charge < -0.3 is 19.4 Å². The molecule has 0 amide bonds. The molecule has 1 aliphatic heterocycles. The first-order valence-electron chi connectivity index (χ1n) is 11.2. The maximum atomic E-state index is 14.6. The number of nitrogens with one attached hydrogen (secondary N) is 1. The topological polar surface area (TPSA) is 50.5 Å². The number of ether oxygens (including phenoxy) is 1. The van der Waals surface area contributed by atoms with Gasteiger partial charge in [-0.25, -0.2) is 4.39 Å². The molecule has 0 spiro atoms. The minimum atomic E-state index is -0.362. The summed E-state index contributed by atoms with van der Waals surface area (Å²) in [5, 5.41) is 3.96. The van der Waals surface area contributed by atoms with Crippen LogP contribution in [0.5, 0.6) is 5.75 Å². The van der Waals surface area contributed by atoms with Crippen LogP contribution in [-0.4, -0.2) is 16.2 Å². The van der Waals surface area contributed by atoms with E-state index in [1.54, 1.807) is 24.4 Å². The number of hydrogen-bond acceptors (Lipinski definition) is 4. The zero-order valence-corrected chi connectivity index (χ0v) is 21.5. The highest BCUT2D eigenvalue weighted by atomic mass is 79.9. The zero-order chi connectivity index (χ0) is 24.5. The first-order chi connectivity index (χ1) is 16.9. The van der Waals surface area contributed by atoms with Gasteiger partial charge in [-0.3, -0.25) is 4.98 Å². The largest absolute Gasteiger partial charge is 0.491 e. The molecule has 4 aromatic rings. The molecular formula is C27H23BrFN3O2S. The maximum absolute atomic E-state index is 14.6. The Bertz CT molecular complexity index is 1340. The van der Waals surface area contributed by atoms with Crippen LogP contribution in [-0.2, 0) is 0 Å². The Labute approximate surface area is 217 Å². The number of halogens is 2. The van der Waals surface area contributed by atoms with Gasteiger partial charge in [-0.1, -0.05) is 22.0 Å². The van der Waals surface area contributed by atoms with Crippen LogP contribution in [0.3, 0.4) is 0 Å². The number of anilines is 1. The van der Waals surface area contributed by atoms with Gasteiger partial charge in [-0.2, -0.15) is 0 Å². The molecule has 0 bridgehead atoms. The average molecular weight is 552 g/mol. The number of nitrogens with zero attached hydrogens (tertiary/aromatic N) is 2. The zero-order valence-electron chi connectivity index (χ0n) is 19.1. The number of pyridine rings is 1. The van der Waals surface area contributed by atoms with Crippen molar-refractivity contribution in [2.75, 3.05) is 4.90 Å². The lowest BCUT2D eigenvalue weighted by Crippen LogP contribution is -2.29. The first-order valence-corrected chi connectivity index (χ1v) is 12.4. The van der Waals surface area contributed by atoms with E-state index < -0.39 is 0 Å². The monoisotopic (exact) mass is 551 g/mol. The van der Waals surface area contributed by atoms with Crippen molar-refractivity contribution in [3.63, 3.8) is 0 Å². The lowest BCUT2D eigenvalue weighted by atomic mass is 10.0.